The number of hydrogen-bond donors (Lipinski definition) is 1. The Morgan fingerprint density at radius 3 is 2.88 bits per heavy atom. The maximum Gasteiger partial charge on any atom is 0.263 e. The summed E-state index contributed by atoms with van der Waals surface area (Å²) in [5.41, 5.74) is 2.10. The molecule has 0 spiro atoms. The SMILES string of the molecule is C/C(=C/c1cccc(C(F)F)c1)CNC1CC1. The van der Waals surface area contributed by atoms with E-state index in [9.17, 15) is 8.78 Å². The molecule has 0 saturated heterocycles. The first-order valence-corrected chi connectivity index (χ1v) is 5.94. The first-order valence-electron chi connectivity index (χ1n) is 5.94. The predicted octanol–water partition coefficient (Wildman–Crippen LogP) is 3.78. The molecule has 1 fully saturated rings. The van der Waals surface area contributed by atoms with Crippen LogP contribution in [0, 0.1) is 0 Å². The van der Waals surface area contributed by atoms with Gasteiger partial charge in [-0.1, -0.05) is 29.8 Å². The summed E-state index contributed by atoms with van der Waals surface area (Å²) in [7, 11) is 0. The summed E-state index contributed by atoms with van der Waals surface area (Å²) < 4.78 is 25.0. The molecule has 17 heavy (non-hydrogen) atoms. The first-order chi connectivity index (χ1) is 8.15. The normalized spacial score (nSPS) is 16.6. The molecule has 0 amide bonds. The Balaban J connectivity index is 1.99. The monoisotopic (exact) mass is 237 g/mol. The fourth-order valence-electron chi connectivity index (χ4n) is 1.71. The molecule has 3 heteroatoms. The topological polar surface area (TPSA) is 12.0 Å². The number of alkyl halides is 2. The molecule has 0 bridgehead atoms. The molecular weight excluding hydrogens is 220 g/mol. The van der Waals surface area contributed by atoms with Crippen LogP contribution in [0.5, 0.6) is 0 Å². The van der Waals surface area contributed by atoms with Crippen molar-refractivity contribution in [1.29, 1.82) is 0 Å². The number of nitrogens with one attached hydrogen (secondary N) is 1. The third kappa shape index (κ3) is 3.93. The third-order valence-corrected chi connectivity index (χ3v) is 2.82. The summed E-state index contributed by atoms with van der Waals surface area (Å²) in [6.07, 6.45) is 2.08. The summed E-state index contributed by atoms with van der Waals surface area (Å²) in [6.45, 7) is 2.86. The molecule has 0 unspecified atom stereocenters. The van der Waals surface area contributed by atoms with E-state index >= 15 is 0 Å². The smallest absolute Gasteiger partial charge is 0.263 e. The lowest BCUT2D eigenvalue weighted by Crippen LogP contribution is -2.18. The van der Waals surface area contributed by atoms with Gasteiger partial charge in [0.2, 0.25) is 0 Å². The molecule has 1 N–H and O–H groups in total. The zero-order valence-electron chi connectivity index (χ0n) is 9.92. The third-order valence-electron chi connectivity index (χ3n) is 2.82. The molecule has 0 radical (unpaired) electrons. The lowest BCUT2D eigenvalue weighted by Gasteiger charge is -2.04. The Labute approximate surface area is 101 Å². The standard InChI is InChI=1S/C14H17F2N/c1-10(9-17-13-5-6-13)7-11-3-2-4-12(8-11)14(15)16/h2-4,7-8,13-14,17H,5-6,9H2,1H3/b10-7-. The van der Waals surface area contributed by atoms with E-state index in [0.717, 1.165) is 12.1 Å². The van der Waals surface area contributed by atoms with Crippen molar-refractivity contribution in [2.45, 2.75) is 32.2 Å². The summed E-state index contributed by atoms with van der Waals surface area (Å²) in [5, 5.41) is 3.40. The van der Waals surface area contributed by atoms with Crippen LogP contribution in [0.3, 0.4) is 0 Å². The summed E-state index contributed by atoms with van der Waals surface area (Å²) in [4.78, 5) is 0. The van der Waals surface area contributed by atoms with Gasteiger partial charge in [0.25, 0.3) is 6.43 Å². The van der Waals surface area contributed by atoms with Crippen molar-refractivity contribution in [3.63, 3.8) is 0 Å². The second kappa shape index (κ2) is 5.41. The highest BCUT2D eigenvalue weighted by molar-refractivity contribution is 5.53. The van der Waals surface area contributed by atoms with E-state index in [1.165, 1.54) is 24.5 Å². The van der Waals surface area contributed by atoms with Crippen LogP contribution in [0.15, 0.2) is 29.8 Å². The van der Waals surface area contributed by atoms with Gasteiger partial charge in [0.1, 0.15) is 0 Å². The van der Waals surface area contributed by atoms with Gasteiger partial charge in [0.15, 0.2) is 0 Å². The molecular formula is C14H17F2N. The van der Waals surface area contributed by atoms with Crippen LogP contribution in [0.25, 0.3) is 6.08 Å². The fraction of sp³-hybridized carbons (Fsp3) is 0.429. The van der Waals surface area contributed by atoms with Gasteiger partial charge in [-0.3, -0.25) is 0 Å². The predicted molar refractivity (Wildman–Crippen MR) is 66.1 cm³/mol. The Bertz CT molecular complexity index is 408. The molecule has 1 aromatic rings. The van der Waals surface area contributed by atoms with Crippen LogP contribution in [0.2, 0.25) is 0 Å². The molecule has 0 heterocycles. The van der Waals surface area contributed by atoms with Gasteiger partial charge in [-0.05, 0) is 31.4 Å². The molecule has 1 aromatic carbocycles. The van der Waals surface area contributed by atoms with E-state index in [1.807, 2.05) is 19.1 Å². The largest absolute Gasteiger partial charge is 0.310 e. The Kier molecular flexibility index (Phi) is 3.89. The molecule has 0 aromatic heterocycles. The lowest BCUT2D eigenvalue weighted by atomic mass is 10.1. The second-order valence-electron chi connectivity index (χ2n) is 4.62. The highest BCUT2D eigenvalue weighted by atomic mass is 19.3. The summed E-state index contributed by atoms with van der Waals surface area (Å²) in [6, 6.07) is 7.21. The van der Waals surface area contributed by atoms with Crippen LogP contribution < -0.4 is 5.32 Å². The van der Waals surface area contributed by atoms with Gasteiger partial charge in [-0.25, -0.2) is 8.78 Å². The van der Waals surface area contributed by atoms with E-state index in [-0.39, 0.29) is 5.56 Å². The lowest BCUT2D eigenvalue weighted by molar-refractivity contribution is 0.151. The van der Waals surface area contributed by atoms with Crippen molar-refractivity contribution in [2.24, 2.45) is 0 Å². The number of halogens is 2. The fourth-order valence-corrected chi connectivity index (χ4v) is 1.71. The van der Waals surface area contributed by atoms with E-state index in [2.05, 4.69) is 5.32 Å². The Morgan fingerprint density at radius 2 is 2.24 bits per heavy atom. The highest BCUT2D eigenvalue weighted by Crippen LogP contribution is 2.21. The molecule has 1 aliphatic rings. The van der Waals surface area contributed by atoms with Crippen molar-refractivity contribution < 1.29 is 8.78 Å². The van der Waals surface area contributed by atoms with Crippen molar-refractivity contribution in [3.8, 4) is 0 Å². The maximum atomic E-state index is 12.5. The molecule has 92 valence electrons. The average Bonchev–Trinajstić information content (AvgIpc) is 3.10. The van der Waals surface area contributed by atoms with E-state index in [0.29, 0.717) is 6.04 Å². The Morgan fingerprint density at radius 1 is 1.47 bits per heavy atom. The number of hydrogen-bond acceptors (Lipinski definition) is 1. The van der Waals surface area contributed by atoms with Gasteiger partial charge in [-0.2, -0.15) is 0 Å². The molecule has 0 atom stereocenters. The minimum atomic E-state index is -2.40. The van der Waals surface area contributed by atoms with Gasteiger partial charge in [0.05, 0.1) is 0 Å². The van der Waals surface area contributed by atoms with Crippen LogP contribution in [-0.2, 0) is 0 Å². The summed E-state index contributed by atoms with van der Waals surface area (Å²) in [5.74, 6) is 0. The van der Waals surface area contributed by atoms with E-state index in [4.69, 9.17) is 0 Å². The zero-order chi connectivity index (χ0) is 12.3. The molecule has 1 nitrogen and oxygen atoms in total. The number of rotatable bonds is 5. The van der Waals surface area contributed by atoms with Crippen LogP contribution in [-0.4, -0.2) is 12.6 Å². The molecule has 2 rings (SSSR count). The van der Waals surface area contributed by atoms with Crippen LogP contribution in [0.1, 0.15) is 37.3 Å². The average molecular weight is 237 g/mol. The number of benzene rings is 1. The van der Waals surface area contributed by atoms with E-state index in [1.54, 1.807) is 12.1 Å². The first kappa shape index (κ1) is 12.2. The van der Waals surface area contributed by atoms with Crippen molar-refractivity contribution in [2.75, 3.05) is 6.54 Å². The van der Waals surface area contributed by atoms with E-state index < -0.39 is 6.43 Å². The van der Waals surface area contributed by atoms with Gasteiger partial charge >= 0.3 is 0 Å². The van der Waals surface area contributed by atoms with Crippen molar-refractivity contribution in [1.82, 2.24) is 5.32 Å². The minimum absolute atomic E-state index is 0.0849. The van der Waals surface area contributed by atoms with Crippen LogP contribution >= 0.6 is 0 Å². The second-order valence-corrected chi connectivity index (χ2v) is 4.62. The molecule has 1 saturated carbocycles. The Hall–Kier alpha value is -1.22. The van der Waals surface area contributed by atoms with Crippen molar-refractivity contribution >= 4 is 6.08 Å². The molecule has 0 aliphatic heterocycles. The van der Waals surface area contributed by atoms with Gasteiger partial charge in [0, 0.05) is 18.2 Å². The quantitative estimate of drug-likeness (QED) is 0.821. The highest BCUT2D eigenvalue weighted by Gasteiger charge is 2.19. The van der Waals surface area contributed by atoms with Gasteiger partial charge < -0.3 is 5.32 Å². The van der Waals surface area contributed by atoms with Crippen LogP contribution in [0.4, 0.5) is 8.78 Å². The van der Waals surface area contributed by atoms with Crippen molar-refractivity contribution in [3.05, 3.63) is 41.0 Å². The minimum Gasteiger partial charge on any atom is -0.310 e. The zero-order valence-corrected chi connectivity index (χ0v) is 9.92. The maximum absolute atomic E-state index is 12.5. The van der Waals surface area contributed by atoms with Gasteiger partial charge in [-0.15, -0.1) is 0 Å². The molecule has 1 aliphatic carbocycles. The summed E-state index contributed by atoms with van der Waals surface area (Å²) >= 11 is 0.